The summed E-state index contributed by atoms with van der Waals surface area (Å²) in [5, 5.41) is 11.9. The average Bonchev–Trinajstić information content (AvgIpc) is 2.78. The second-order valence-corrected chi connectivity index (χ2v) is 6.27. The highest BCUT2D eigenvalue weighted by Gasteiger charge is 2.03. The average molecular weight is 388 g/mol. The van der Waals surface area contributed by atoms with E-state index in [9.17, 15) is 0 Å². The molecule has 0 aliphatic carbocycles. The molecule has 0 saturated carbocycles. The molecule has 7 heteroatoms. The number of hydrogen-bond donors (Lipinski definition) is 2. The van der Waals surface area contributed by atoms with Gasteiger partial charge in [-0.2, -0.15) is 5.10 Å². The van der Waals surface area contributed by atoms with Crippen molar-refractivity contribution in [3.8, 4) is 0 Å². The van der Waals surface area contributed by atoms with Crippen LogP contribution in [0.25, 0.3) is 0 Å². The topological polar surface area (TPSA) is 41.9 Å². The number of thiocarbonyl (C=S) groups is 1. The molecule has 0 amide bonds. The monoisotopic (exact) mass is 386 g/mol. The molecule has 112 valence electrons. The highest BCUT2D eigenvalue weighted by Crippen LogP contribution is 2.14. The summed E-state index contributed by atoms with van der Waals surface area (Å²) in [7, 11) is 0. The van der Waals surface area contributed by atoms with Crippen LogP contribution < -0.4 is 10.6 Å². The molecule has 2 N–H and O–H groups in total. The van der Waals surface area contributed by atoms with Crippen molar-refractivity contribution < 1.29 is 0 Å². The Hall–Kier alpha value is -1.11. The van der Waals surface area contributed by atoms with Gasteiger partial charge in [-0.05, 0) is 49.8 Å². The highest BCUT2D eigenvalue weighted by atomic mass is 79.9. The van der Waals surface area contributed by atoms with Gasteiger partial charge in [-0.25, -0.2) is 0 Å². The maximum absolute atomic E-state index is 5.96. The first-order valence-corrected chi connectivity index (χ1v) is 8.12. The minimum absolute atomic E-state index is 0.618. The third kappa shape index (κ3) is 4.98. The molecular formula is C14H16BrClN4S. The number of aryl methyl sites for hydroxylation is 1. The van der Waals surface area contributed by atoms with Gasteiger partial charge < -0.3 is 10.6 Å². The van der Waals surface area contributed by atoms with Crippen molar-refractivity contribution in [3.63, 3.8) is 0 Å². The Morgan fingerprint density at radius 1 is 1.38 bits per heavy atom. The smallest absolute Gasteiger partial charge is 0.170 e. The Morgan fingerprint density at radius 3 is 2.71 bits per heavy atom. The Labute approximate surface area is 143 Å². The summed E-state index contributed by atoms with van der Waals surface area (Å²) >= 11 is 14.6. The van der Waals surface area contributed by atoms with Crippen molar-refractivity contribution in [2.75, 3.05) is 11.9 Å². The largest absolute Gasteiger partial charge is 0.362 e. The van der Waals surface area contributed by atoms with Crippen molar-refractivity contribution in [2.24, 2.45) is 0 Å². The summed E-state index contributed by atoms with van der Waals surface area (Å²) in [6.45, 7) is 3.55. The van der Waals surface area contributed by atoms with Crippen LogP contribution in [0.1, 0.15) is 12.1 Å². The first kappa shape index (κ1) is 16.3. The van der Waals surface area contributed by atoms with Gasteiger partial charge in [-0.1, -0.05) is 27.5 Å². The van der Waals surface area contributed by atoms with Crippen LogP contribution >= 0.6 is 39.7 Å². The van der Waals surface area contributed by atoms with Gasteiger partial charge in [0.2, 0.25) is 0 Å². The molecule has 0 fully saturated rings. The fourth-order valence-electron chi connectivity index (χ4n) is 1.79. The number of halogens is 2. The van der Waals surface area contributed by atoms with Gasteiger partial charge in [0.1, 0.15) is 0 Å². The van der Waals surface area contributed by atoms with E-state index in [1.807, 2.05) is 35.9 Å². The lowest BCUT2D eigenvalue weighted by atomic mass is 10.3. The Balaban J connectivity index is 1.70. The number of nitrogens with one attached hydrogen (secondary N) is 2. The molecular weight excluding hydrogens is 372 g/mol. The number of hydrogen-bond acceptors (Lipinski definition) is 2. The Bertz CT molecular complexity index is 612. The molecule has 4 nitrogen and oxygen atoms in total. The van der Waals surface area contributed by atoms with E-state index in [4.69, 9.17) is 23.8 Å². The van der Waals surface area contributed by atoms with E-state index in [1.165, 1.54) is 0 Å². The minimum atomic E-state index is 0.618. The number of anilines is 1. The van der Waals surface area contributed by atoms with E-state index in [-0.39, 0.29) is 0 Å². The van der Waals surface area contributed by atoms with E-state index in [0.29, 0.717) is 10.1 Å². The third-order valence-electron chi connectivity index (χ3n) is 2.98. The van der Waals surface area contributed by atoms with Gasteiger partial charge >= 0.3 is 0 Å². The van der Waals surface area contributed by atoms with Crippen LogP contribution in [0.3, 0.4) is 0 Å². The lowest BCUT2D eigenvalue weighted by Gasteiger charge is -2.11. The van der Waals surface area contributed by atoms with Crippen LogP contribution in [0.4, 0.5) is 5.69 Å². The van der Waals surface area contributed by atoms with Crippen molar-refractivity contribution in [1.29, 1.82) is 0 Å². The van der Waals surface area contributed by atoms with Gasteiger partial charge in [-0.3, -0.25) is 4.68 Å². The first-order chi connectivity index (χ1) is 10.1. The third-order valence-corrected chi connectivity index (χ3v) is 4.12. The minimum Gasteiger partial charge on any atom is -0.362 e. The normalized spacial score (nSPS) is 10.4. The maximum atomic E-state index is 5.96. The highest BCUT2D eigenvalue weighted by molar-refractivity contribution is 9.10. The van der Waals surface area contributed by atoms with Crippen molar-refractivity contribution in [2.45, 2.75) is 19.9 Å². The maximum Gasteiger partial charge on any atom is 0.170 e. The van der Waals surface area contributed by atoms with E-state index >= 15 is 0 Å². The predicted molar refractivity (Wildman–Crippen MR) is 95.0 cm³/mol. The lowest BCUT2D eigenvalue weighted by Crippen LogP contribution is -2.29. The van der Waals surface area contributed by atoms with Gasteiger partial charge in [0.05, 0.1) is 16.9 Å². The standard InChI is InChI=1S/C14H16BrClN4S/c1-10-13(16)9-18-20(10)8-2-7-17-14(21)19-12-5-3-11(15)4-6-12/h3-6,9H,2,7-8H2,1H3,(H2,17,19,21). The summed E-state index contributed by atoms with van der Waals surface area (Å²) in [6, 6.07) is 7.87. The molecule has 0 bridgehead atoms. The van der Waals surface area contributed by atoms with Crippen molar-refractivity contribution in [3.05, 3.63) is 45.7 Å². The molecule has 0 atom stereocenters. The summed E-state index contributed by atoms with van der Waals surface area (Å²) in [5.74, 6) is 0. The molecule has 1 aromatic heterocycles. The quantitative estimate of drug-likeness (QED) is 0.601. The number of rotatable bonds is 5. The fraction of sp³-hybridized carbons (Fsp3) is 0.286. The van der Waals surface area contributed by atoms with Crippen LogP contribution in [-0.2, 0) is 6.54 Å². The molecule has 0 saturated heterocycles. The van der Waals surface area contributed by atoms with E-state index in [2.05, 4.69) is 31.7 Å². The summed E-state index contributed by atoms with van der Waals surface area (Å²) in [6.07, 6.45) is 2.59. The second-order valence-electron chi connectivity index (χ2n) is 4.54. The molecule has 0 unspecified atom stereocenters. The van der Waals surface area contributed by atoms with E-state index < -0.39 is 0 Å². The van der Waals surface area contributed by atoms with Gasteiger partial charge in [-0.15, -0.1) is 0 Å². The SMILES string of the molecule is Cc1c(Cl)cnn1CCCNC(=S)Nc1ccc(Br)cc1. The first-order valence-electron chi connectivity index (χ1n) is 6.54. The number of nitrogens with zero attached hydrogens (tertiary/aromatic N) is 2. The molecule has 0 spiro atoms. The van der Waals surface area contributed by atoms with Crippen LogP contribution in [0.2, 0.25) is 5.02 Å². The second kappa shape index (κ2) is 7.77. The van der Waals surface area contributed by atoms with Crippen molar-refractivity contribution in [1.82, 2.24) is 15.1 Å². The molecule has 2 aromatic rings. The Kier molecular flexibility index (Phi) is 6.02. The zero-order valence-corrected chi connectivity index (χ0v) is 14.7. The summed E-state index contributed by atoms with van der Waals surface area (Å²) < 4.78 is 2.94. The van der Waals surface area contributed by atoms with Gasteiger partial charge in [0, 0.05) is 23.2 Å². The molecule has 0 radical (unpaired) electrons. The van der Waals surface area contributed by atoms with Gasteiger partial charge in [0.25, 0.3) is 0 Å². The van der Waals surface area contributed by atoms with Crippen LogP contribution in [0.15, 0.2) is 34.9 Å². The fourth-order valence-corrected chi connectivity index (χ4v) is 2.41. The molecule has 2 rings (SSSR count). The molecule has 1 heterocycles. The van der Waals surface area contributed by atoms with Gasteiger partial charge in [0.15, 0.2) is 5.11 Å². The van der Waals surface area contributed by atoms with Crippen molar-refractivity contribution >= 4 is 50.5 Å². The number of benzene rings is 1. The molecule has 1 aromatic carbocycles. The molecule has 0 aliphatic heterocycles. The number of aromatic nitrogens is 2. The lowest BCUT2D eigenvalue weighted by molar-refractivity contribution is 0.561. The van der Waals surface area contributed by atoms with E-state index in [1.54, 1.807) is 6.20 Å². The van der Waals surface area contributed by atoms with Crippen LogP contribution in [0.5, 0.6) is 0 Å². The zero-order valence-electron chi connectivity index (χ0n) is 11.6. The molecule has 0 aliphatic rings. The molecule has 21 heavy (non-hydrogen) atoms. The van der Waals surface area contributed by atoms with Crippen LogP contribution in [0, 0.1) is 6.92 Å². The van der Waals surface area contributed by atoms with Crippen LogP contribution in [-0.4, -0.2) is 21.4 Å². The van der Waals surface area contributed by atoms with E-state index in [0.717, 1.165) is 35.4 Å². The summed E-state index contributed by atoms with van der Waals surface area (Å²) in [4.78, 5) is 0. The summed E-state index contributed by atoms with van der Waals surface area (Å²) in [5.41, 5.74) is 1.96. The predicted octanol–water partition coefficient (Wildman–Crippen LogP) is 3.98. The zero-order chi connectivity index (χ0) is 15.2. The Morgan fingerprint density at radius 2 is 2.10 bits per heavy atom.